The summed E-state index contributed by atoms with van der Waals surface area (Å²) < 4.78 is 5.70. The van der Waals surface area contributed by atoms with Crippen molar-refractivity contribution in [2.75, 3.05) is 0 Å². The van der Waals surface area contributed by atoms with Crippen LogP contribution in [0.2, 0.25) is 32.2 Å². The lowest BCUT2D eigenvalue weighted by molar-refractivity contribution is 0.376. The maximum Gasteiger partial charge on any atom is 0.321 e. The summed E-state index contributed by atoms with van der Waals surface area (Å²) in [5.41, 5.74) is 0. The van der Waals surface area contributed by atoms with E-state index in [2.05, 4.69) is 26.6 Å². The summed E-state index contributed by atoms with van der Waals surface area (Å²) >= 11 is 0. The second kappa shape index (κ2) is 3.84. The van der Waals surface area contributed by atoms with Crippen molar-refractivity contribution >= 4 is 16.9 Å². The van der Waals surface area contributed by atoms with Crippen LogP contribution >= 0.6 is 0 Å². The van der Waals surface area contributed by atoms with Crippen LogP contribution in [0.1, 0.15) is 13.3 Å². The number of hydrogen-bond donors (Lipinski definition) is 1. The van der Waals surface area contributed by atoms with Gasteiger partial charge in [-0.25, -0.2) is 0 Å². The van der Waals surface area contributed by atoms with E-state index < -0.39 is 16.9 Å². The molecule has 0 spiro atoms. The van der Waals surface area contributed by atoms with Crippen LogP contribution in [0, 0.1) is 0 Å². The van der Waals surface area contributed by atoms with Gasteiger partial charge in [0.1, 0.15) is 0 Å². The Hall–Kier alpha value is 0.354. The van der Waals surface area contributed by atoms with Crippen molar-refractivity contribution in [3.63, 3.8) is 0 Å². The molecule has 0 aromatic carbocycles. The maximum absolute atomic E-state index is 9.80. The van der Waals surface area contributed by atoms with Crippen LogP contribution in [-0.2, 0) is 4.12 Å². The highest BCUT2D eigenvalue weighted by Gasteiger charge is 2.31. The van der Waals surface area contributed by atoms with Gasteiger partial charge in [0.25, 0.3) is 0 Å². The molecule has 0 rings (SSSR count). The molecule has 0 aromatic rings. The molecule has 0 aromatic heterocycles. The van der Waals surface area contributed by atoms with E-state index in [1.165, 1.54) is 0 Å². The molecule has 0 aliphatic carbocycles. The Morgan fingerprint density at radius 3 is 1.91 bits per heavy atom. The number of rotatable bonds is 4. The number of hydrogen-bond acceptors (Lipinski definition) is 2. The lowest BCUT2D eigenvalue weighted by atomic mass is 10.6. The normalized spacial score (nSPS) is 18.0. The first-order valence-corrected chi connectivity index (χ1v) is 10.2. The fourth-order valence-electron chi connectivity index (χ4n) is 1.17. The third-order valence-electron chi connectivity index (χ3n) is 1.24. The average Bonchev–Trinajstić information content (AvgIpc) is 1.55. The zero-order chi connectivity index (χ0) is 9.12. The molecule has 0 fully saturated rings. The zero-order valence-electron chi connectivity index (χ0n) is 8.27. The molecule has 11 heavy (non-hydrogen) atoms. The smallest absolute Gasteiger partial charge is 0.321 e. The summed E-state index contributed by atoms with van der Waals surface area (Å²) in [4.78, 5) is 9.80. The fourth-order valence-corrected chi connectivity index (χ4v) is 7.79. The lowest BCUT2D eigenvalue weighted by Gasteiger charge is -2.28. The SMILES string of the molecule is CCC[Si](C)(O)O[Si](C)(C)C. The van der Waals surface area contributed by atoms with E-state index in [9.17, 15) is 4.80 Å². The average molecular weight is 192 g/mol. The Labute approximate surface area is 72.0 Å². The summed E-state index contributed by atoms with van der Waals surface area (Å²) in [7, 11) is -3.80. The van der Waals surface area contributed by atoms with Gasteiger partial charge in [-0.15, -0.1) is 0 Å². The van der Waals surface area contributed by atoms with Crippen molar-refractivity contribution in [3.05, 3.63) is 0 Å². The molecular formula is C7H20O2Si2. The summed E-state index contributed by atoms with van der Waals surface area (Å²) in [5.74, 6) is 0. The van der Waals surface area contributed by atoms with E-state index in [-0.39, 0.29) is 0 Å². The third kappa shape index (κ3) is 6.74. The quantitative estimate of drug-likeness (QED) is 0.693. The van der Waals surface area contributed by atoms with Gasteiger partial charge in [0.05, 0.1) is 0 Å². The van der Waals surface area contributed by atoms with Gasteiger partial charge in [-0.3, -0.25) is 0 Å². The Balaban J connectivity index is 3.91. The molecule has 0 heterocycles. The molecule has 4 heteroatoms. The molecule has 0 bridgehead atoms. The van der Waals surface area contributed by atoms with Gasteiger partial charge in [0.15, 0.2) is 8.32 Å². The largest absolute Gasteiger partial charge is 0.436 e. The van der Waals surface area contributed by atoms with Crippen molar-refractivity contribution in [1.82, 2.24) is 0 Å². The first kappa shape index (κ1) is 11.4. The fraction of sp³-hybridized carbons (Fsp3) is 1.00. The molecular weight excluding hydrogens is 172 g/mol. The van der Waals surface area contributed by atoms with E-state index in [4.69, 9.17) is 4.12 Å². The van der Waals surface area contributed by atoms with Crippen LogP contribution in [-0.4, -0.2) is 21.7 Å². The Kier molecular flexibility index (Phi) is 3.97. The highest BCUT2D eigenvalue weighted by atomic mass is 28.4. The molecule has 0 radical (unpaired) electrons. The molecule has 2 nitrogen and oxygen atoms in total. The van der Waals surface area contributed by atoms with E-state index in [0.717, 1.165) is 12.5 Å². The first-order chi connectivity index (χ1) is 4.77. The molecule has 0 saturated heterocycles. The predicted molar refractivity (Wildman–Crippen MR) is 53.4 cm³/mol. The molecule has 1 unspecified atom stereocenters. The van der Waals surface area contributed by atoms with Gasteiger partial charge in [0, 0.05) is 0 Å². The minimum absolute atomic E-state index is 0.858. The van der Waals surface area contributed by atoms with Crippen LogP contribution < -0.4 is 0 Å². The molecule has 1 N–H and O–H groups in total. The minimum atomic E-state index is -2.28. The van der Waals surface area contributed by atoms with Crippen LogP contribution in [0.25, 0.3) is 0 Å². The second-order valence-corrected chi connectivity index (χ2v) is 12.0. The van der Waals surface area contributed by atoms with Crippen LogP contribution in [0.5, 0.6) is 0 Å². The maximum atomic E-state index is 9.80. The highest BCUT2D eigenvalue weighted by Crippen LogP contribution is 2.16. The first-order valence-electron chi connectivity index (χ1n) is 4.19. The highest BCUT2D eigenvalue weighted by molar-refractivity contribution is 6.81. The second-order valence-electron chi connectivity index (χ2n) is 4.14. The standard InChI is InChI=1S/C7H20O2Si2/c1-6-7-11(5,8)9-10(2,3)4/h8H,6-7H2,1-5H3. The summed E-state index contributed by atoms with van der Waals surface area (Å²) in [6.45, 7) is 10.3. The molecule has 68 valence electrons. The van der Waals surface area contributed by atoms with Crippen LogP contribution in [0.4, 0.5) is 0 Å². The van der Waals surface area contributed by atoms with Crippen LogP contribution in [0.3, 0.4) is 0 Å². The Morgan fingerprint density at radius 2 is 1.64 bits per heavy atom. The van der Waals surface area contributed by atoms with E-state index in [0.29, 0.717) is 0 Å². The Morgan fingerprint density at radius 1 is 1.18 bits per heavy atom. The van der Waals surface area contributed by atoms with Crippen molar-refractivity contribution in [3.8, 4) is 0 Å². The van der Waals surface area contributed by atoms with E-state index >= 15 is 0 Å². The van der Waals surface area contributed by atoms with Crippen molar-refractivity contribution in [2.24, 2.45) is 0 Å². The molecule has 0 aliphatic rings. The van der Waals surface area contributed by atoms with Gasteiger partial charge in [-0.1, -0.05) is 13.3 Å². The van der Waals surface area contributed by atoms with Gasteiger partial charge in [-0.2, -0.15) is 0 Å². The summed E-state index contributed by atoms with van der Waals surface area (Å²) in [6.07, 6.45) is 1.02. The topological polar surface area (TPSA) is 29.5 Å². The third-order valence-corrected chi connectivity index (χ3v) is 6.88. The Bertz CT molecular complexity index is 118. The van der Waals surface area contributed by atoms with Gasteiger partial charge in [0.2, 0.25) is 0 Å². The van der Waals surface area contributed by atoms with Crippen LogP contribution in [0.15, 0.2) is 0 Å². The van der Waals surface area contributed by atoms with Gasteiger partial charge < -0.3 is 8.91 Å². The van der Waals surface area contributed by atoms with Gasteiger partial charge >= 0.3 is 8.56 Å². The predicted octanol–water partition coefficient (Wildman–Crippen LogP) is 2.31. The molecule has 1 atom stereocenters. The molecule has 0 amide bonds. The van der Waals surface area contributed by atoms with Crippen molar-refractivity contribution < 1.29 is 8.91 Å². The van der Waals surface area contributed by atoms with E-state index in [1.54, 1.807) is 0 Å². The zero-order valence-corrected chi connectivity index (χ0v) is 10.3. The molecule has 0 aliphatic heterocycles. The lowest BCUT2D eigenvalue weighted by Crippen LogP contribution is -2.44. The van der Waals surface area contributed by atoms with E-state index in [1.807, 2.05) is 6.55 Å². The van der Waals surface area contributed by atoms with Gasteiger partial charge in [-0.05, 0) is 32.2 Å². The molecule has 0 saturated carbocycles. The summed E-state index contributed by atoms with van der Waals surface area (Å²) in [6, 6.07) is 0.858. The summed E-state index contributed by atoms with van der Waals surface area (Å²) in [5, 5.41) is 0. The minimum Gasteiger partial charge on any atom is -0.436 e. The monoisotopic (exact) mass is 192 g/mol. The van der Waals surface area contributed by atoms with Crippen molar-refractivity contribution in [1.29, 1.82) is 0 Å². The van der Waals surface area contributed by atoms with Crippen molar-refractivity contribution in [2.45, 2.75) is 45.6 Å².